The summed E-state index contributed by atoms with van der Waals surface area (Å²) < 4.78 is 23.7. The number of carbonyl (C=O) groups is 1. The van der Waals surface area contributed by atoms with E-state index in [-0.39, 0.29) is 19.1 Å². The first-order valence-corrected chi connectivity index (χ1v) is 27.6. The van der Waals surface area contributed by atoms with E-state index in [2.05, 4.69) is 79.9 Å². The molecule has 8 nitrogen and oxygen atoms in total. The minimum absolute atomic E-state index is 0.0713. The summed E-state index contributed by atoms with van der Waals surface area (Å²) >= 11 is 0. The van der Waals surface area contributed by atoms with Gasteiger partial charge in [0.15, 0.2) is 0 Å². The molecule has 1 amide bonds. The van der Waals surface area contributed by atoms with Crippen molar-refractivity contribution >= 4 is 13.7 Å². The van der Waals surface area contributed by atoms with Gasteiger partial charge in [-0.15, -0.1) is 0 Å². The average molecular weight is 906 g/mol. The van der Waals surface area contributed by atoms with Crippen molar-refractivity contribution in [3.8, 4) is 0 Å². The number of amides is 1. The summed E-state index contributed by atoms with van der Waals surface area (Å²) in [4.78, 5) is 23.3. The highest BCUT2D eigenvalue weighted by Crippen LogP contribution is 2.43. The van der Waals surface area contributed by atoms with Gasteiger partial charge in [0, 0.05) is 6.42 Å². The molecule has 0 saturated carbocycles. The van der Waals surface area contributed by atoms with Crippen molar-refractivity contribution in [2.24, 2.45) is 0 Å². The first-order chi connectivity index (χ1) is 30.5. The highest BCUT2D eigenvalue weighted by Gasteiger charge is 2.28. The van der Waals surface area contributed by atoms with Crippen LogP contribution in [0.4, 0.5) is 0 Å². The number of phosphoric ester groups is 1. The number of aliphatic hydroxyl groups excluding tert-OH is 1. The summed E-state index contributed by atoms with van der Waals surface area (Å²) in [6.07, 6.45) is 59.7. The fourth-order valence-corrected chi connectivity index (χ4v) is 8.16. The molecule has 0 fully saturated rings. The summed E-state index contributed by atoms with van der Waals surface area (Å²) in [6, 6.07) is -0.766. The molecule has 0 saturated heterocycles. The third kappa shape index (κ3) is 48.0. The van der Waals surface area contributed by atoms with E-state index in [0.717, 1.165) is 77.0 Å². The van der Waals surface area contributed by atoms with Crippen molar-refractivity contribution in [1.82, 2.24) is 5.32 Å². The van der Waals surface area contributed by atoms with Crippen molar-refractivity contribution in [3.63, 3.8) is 0 Å². The second-order valence-corrected chi connectivity index (χ2v) is 20.3. The van der Waals surface area contributed by atoms with Gasteiger partial charge in [0.2, 0.25) is 5.91 Å². The molecular formula is C54H102N2O6P+. The Kier molecular flexibility index (Phi) is 44.1. The summed E-state index contributed by atoms with van der Waals surface area (Å²) in [5.74, 6) is -0.152. The van der Waals surface area contributed by atoms with Gasteiger partial charge in [0.1, 0.15) is 13.2 Å². The molecule has 0 spiro atoms. The molecule has 0 aliphatic carbocycles. The quantitative estimate of drug-likeness (QED) is 0.0243. The van der Waals surface area contributed by atoms with E-state index in [1.165, 1.54) is 122 Å². The van der Waals surface area contributed by atoms with E-state index in [0.29, 0.717) is 23.9 Å². The lowest BCUT2D eigenvalue weighted by Gasteiger charge is -2.26. The van der Waals surface area contributed by atoms with Crippen LogP contribution in [0.5, 0.6) is 0 Å². The Morgan fingerprint density at radius 3 is 1.40 bits per heavy atom. The van der Waals surface area contributed by atoms with E-state index in [4.69, 9.17) is 9.05 Å². The third-order valence-electron chi connectivity index (χ3n) is 11.5. The Hall–Kier alpha value is -1.80. The zero-order chi connectivity index (χ0) is 46.4. The SMILES string of the molecule is CC/C=C\C/C=C\C/C=C\C/C=C\C/C=C\CCCCCCCCCCCC(=O)NC(COP(=O)(O)OCC[N+](C)(C)C)C(O)CCCCCCCCCCCCCCCCCC. The van der Waals surface area contributed by atoms with Crippen LogP contribution in [0, 0.1) is 0 Å². The number of hydrogen-bond donors (Lipinski definition) is 3. The van der Waals surface area contributed by atoms with Crippen LogP contribution in [0.3, 0.4) is 0 Å². The molecule has 0 aromatic rings. The lowest BCUT2D eigenvalue weighted by atomic mass is 10.0. The highest BCUT2D eigenvalue weighted by atomic mass is 31.2. The van der Waals surface area contributed by atoms with E-state index >= 15 is 0 Å². The number of likely N-dealkylation sites (N-methyl/N-ethyl adjacent to an activating group) is 1. The molecule has 0 rings (SSSR count). The summed E-state index contributed by atoms with van der Waals surface area (Å²) in [5, 5.41) is 14.0. The second-order valence-electron chi connectivity index (χ2n) is 18.9. The number of phosphoric acid groups is 1. The fraction of sp³-hybridized carbons (Fsp3) is 0.796. The molecule has 3 unspecified atom stereocenters. The van der Waals surface area contributed by atoms with E-state index in [9.17, 15) is 19.4 Å². The molecule has 0 aromatic carbocycles. The van der Waals surface area contributed by atoms with Crippen LogP contribution in [0.15, 0.2) is 60.8 Å². The van der Waals surface area contributed by atoms with Crippen LogP contribution in [0.2, 0.25) is 0 Å². The average Bonchev–Trinajstić information content (AvgIpc) is 3.24. The minimum Gasteiger partial charge on any atom is -0.391 e. The molecular weight excluding hydrogens is 804 g/mol. The maximum atomic E-state index is 13.0. The van der Waals surface area contributed by atoms with Gasteiger partial charge in [0.25, 0.3) is 0 Å². The maximum Gasteiger partial charge on any atom is 0.472 e. The van der Waals surface area contributed by atoms with Crippen molar-refractivity contribution in [2.75, 3.05) is 40.9 Å². The van der Waals surface area contributed by atoms with E-state index in [1.807, 2.05) is 21.1 Å². The number of rotatable bonds is 47. The Morgan fingerprint density at radius 1 is 0.556 bits per heavy atom. The monoisotopic (exact) mass is 906 g/mol. The van der Waals surface area contributed by atoms with Gasteiger partial charge in [-0.2, -0.15) is 0 Å². The van der Waals surface area contributed by atoms with Crippen LogP contribution in [-0.2, 0) is 18.4 Å². The molecule has 0 heterocycles. The van der Waals surface area contributed by atoms with Gasteiger partial charge in [-0.25, -0.2) is 4.57 Å². The molecule has 3 N–H and O–H groups in total. The Morgan fingerprint density at radius 2 is 0.952 bits per heavy atom. The van der Waals surface area contributed by atoms with Gasteiger partial charge in [-0.1, -0.05) is 222 Å². The van der Waals surface area contributed by atoms with Gasteiger partial charge in [-0.05, 0) is 57.8 Å². The standard InChI is InChI=1S/C54H101N2O6P/c1-6-8-10-12-14-16-18-20-22-24-25-26-27-28-29-30-31-32-34-36-38-40-42-44-46-48-54(58)55-52(51-62-63(59,60)61-50-49-56(3,4)5)53(57)47-45-43-41-39-37-35-33-23-21-19-17-15-13-11-9-7-2/h8,10,14,16,20,22,25-26,28-29,52-53,57H,6-7,9,11-13,15,17-19,21,23-24,27,30-51H2,1-5H3,(H-,55,58,59,60)/p+1/b10-8-,16-14-,22-20-,26-25-,29-28-. The number of aliphatic hydroxyl groups is 1. The molecule has 0 bridgehead atoms. The number of nitrogens with zero attached hydrogens (tertiary/aromatic N) is 1. The predicted molar refractivity (Wildman–Crippen MR) is 272 cm³/mol. The van der Waals surface area contributed by atoms with Crippen LogP contribution >= 0.6 is 7.82 Å². The number of allylic oxidation sites excluding steroid dienone is 10. The summed E-state index contributed by atoms with van der Waals surface area (Å²) in [5.41, 5.74) is 0. The molecule has 9 heteroatoms. The van der Waals surface area contributed by atoms with Gasteiger partial charge < -0.3 is 19.8 Å². The van der Waals surface area contributed by atoms with Crippen LogP contribution in [0.25, 0.3) is 0 Å². The first kappa shape index (κ1) is 61.2. The maximum absolute atomic E-state index is 13.0. The van der Waals surface area contributed by atoms with Crippen molar-refractivity contribution in [1.29, 1.82) is 0 Å². The Balaban J connectivity index is 4.24. The fourth-order valence-electron chi connectivity index (χ4n) is 7.43. The Bertz CT molecular complexity index is 1210. The van der Waals surface area contributed by atoms with Crippen molar-refractivity contribution < 1.29 is 32.9 Å². The zero-order valence-corrected chi connectivity index (χ0v) is 42.7. The lowest BCUT2D eigenvalue weighted by molar-refractivity contribution is -0.870. The normalized spacial score (nSPS) is 14.6. The lowest BCUT2D eigenvalue weighted by Crippen LogP contribution is -2.46. The summed E-state index contributed by atoms with van der Waals surface area (Å²) in [7, 11) is 1.61. The molecule has 63 heavy (non-hydrogen) atoms. The molecule has 368 valence electrons. The highest BCUT2D eigenvalue weighted by molar-refractivity contribution is 7.47. The first-order valence-electron chi connectivity index (χ1n) is 26.2. The van der Waals surface area contributed by atoms with Crippen molar-refractivity contribution in [3.05, 3.63) is 60.8 Å². The van der Waals surface area contributed by atoms with Crippen LogP contribution < -0.4 is 5.32 Å². The topological polar surface area (TPSA) is 105 Å². The number of quaternary nitrogens is 1. The second kappa shape index (κ2) is 45.4. The number of carbonyl (C=O) groups excluding carboxylic acids is 1. The molecule has 0 aliphatic heterocycles. The smallest absolute Gasteiger partial charge is 0.391 e. The summed E-state index contributed by atoms with van der Waals surface area (Å²) in [6.45, 7) is 4.78. The van der Waals surface area contributed by atoms with Crippen LogP contribution in [0.1, 0.15) is 226 Å². The predicted octanol–water partition coefficient (Wildman–Crippen LogP) is 15.4. The zero-order valence-electron chi connectivity index (χ0n) is 41.8. The third-order valence-corrected chi connectivity index (χ3v) is 12.5. The van der Waals surface area contributed by atoms with Gasteiger partial charge in [0.05, 0.1) is 39.9 Å². The van der Waals surface area contributed by atoms with E-state index < -0.39 is 20.0 Å². The number of nitrogens with one attached hydrogen (secondary N) is 1. The number of unbranched alkanes of at least 4 members (excludes halogenated alkanes) is 24. The molecule has 3 atom stereocenters. The molecule has 0 aromatic heterocycles. The number of hydrogen-bond acceptors (Lipinski definition) is 5. The van der Waals surface area contributed by atoms with Gasteiger partial charge in [-0.3, -0.25) is 13.8 Å². The van der Waals surface area contributed by atoms with Crippen molar-refractivity contribution in [2.45, 2.75) is 238 Å². The Labute approximate surface area is 390 Å². The van der Waals surface area contributed by atoms with Gasteiger partial charge >= 0.3 is 7.82 Å². The molecule has 0 aliphatic rings. The largest absolute Gasteiger partial charge is 0.472 e. The minimum atomic E-state index is -4.32. The molecule has 0 radical (unpaired) electrons. The van der Waals surface area contributed by atoms with E-state index in [1.54, 1.807) is 0 Å². The van der Waals surface area contributed by atoms with Crippen LogP contribution in [-0.4, -0.2) is 73.4 Å².